The Labute approximate surface area is 148 Å². The Kier molecular flexibility index (Phi) is 3.79. The molecule has 1 aliphatic rings. The van der Waals surface area contributed by atoms with Crippen molar-refractivity contribution < 1.29 is 4.74 Å². The van der Waals surface area contributed by atoms with E-state index < -0.39 is 0 Å². The average Bonchev–Trinajstić information content (AvgIpc) is 3.12. The van der Waals surface area contributed by atoms with Gasteiger partial charge in [-0.15, -0.1) is 0 Å². The lowest BCUT2D eigenvalue weighted by Gasteiger charge is -2.21. The highest BCUT2D eigenvalue weighted by Gasteiger charge is 2.32. The molecule has 3 nitrogen and oxygen atoms in total. The van der Waals surface area contributed by atoms with Crippen molar-refractivity contribution in [3.63, 3.8) is 0 Å². The molecule has 25 heavy (non-hydrogen) atoms. The molecular weight excluding hydrogens is 308 g/mol. The molecule has 0 bridgehead atoms. The van der Waals surface area contributed by atoms with Gasteiger partial charge in [0.05, 0.1) is 6.04 Å². The molecule has 2 heterocycles. The SMILES string of the molecule is CC(C)(C)C1COC(c2ncccc2-c2cccc3ccccc23)=N1. The zero-order chi connectivity index (χ0) is 17.4. The molecule has 1 atom stereocenters. The summed E-state index contributed by atoms with van der Waals surface area (Å²) in [5, 5.41) is 2.43. The van der Waals surface area contributed by atoms with Crippen molar-refractivity contribution in [1.29, 1.82) is 0 Å². The van der Waals surface area contributed by atoms with Crippen molar-refractivity contribution in [3.05, 3.63) is 66.5 Å². The molecule has 0 saturated heterocycles. The molecular formula is C22H22N2O. The zero-order valence-electron chi connectivity index (χ0n) is 14.9. The van der Waals surface area contributed by atoms with Gasteiger partial charge in [0, 0.05) is 11.8 Å². The summed E-state index contributed by atoms with van der Waals surface area (Å²) in [6, 6.07) is 19.0. The first-order valence-electron chi connectivity index (χ1n) is 8.68. The van der Waals surface area contributed by atoms with E-state index in [2.05, 4.69) is 74.3 Å². The maximum atomic E-state index is 5.94. The number of rotatable bonds is 2. The number of fused-ring (bicyclic) bond motifs is 1. The summed E-state index contributed by atoms with van der Waals surface area (Å²) in [5.74, 6) is 0.656. The third kappa shape index (κ3) is 2.91. The lowest BCUT2D eigenvalue weighted by molar-refractivity contribution is 0.235. The van der Waals surface area contributed by atoms with Gasteiger partial charge in [0.1, 0.15) is 12.3 Å². The van der Waals surface area contributed by atoms with Gasteiger partial charge in [-0.3, -0.25) is 4.98 Å². The molecule has 3 aromatic rings. The minimum absolute atomic E-state index is 0.0795. The fourth-order valence-corrected chi connectivity index (χ4v) is 3.20. The number of hydrogen-bond donors (Lipinski definition) is 0. The van der Waals surface area contributed by atoms with Gasteiger partial charge in [-0.25, -0.2) is 4.99 Å². The highest BCUT2D eigenvalue weighted by Crippen LogP contribution is 2.33. The second-order valence-electron chi connectivity index (χ2n) is 7.55. The van der Waals surface area contributed by atoms with E-state index in [1.54, 1.807) is 6.20 Å². The Bertz CT molecular complexity index is 948. The molecule has 0 amide bonds. The van der Waals surface area contributed by atoms with Crippen LogP contribution in [0.5, 0.6) is 0 Å². The normalized spacial score (nSPS) is 17.4. The van der Waals surface area contributed by atoms with Crippen LogP contribution in [0, 0.1) is 5.41 Å². The quantitative estimate of drug-likeness (QED) is 0.655. The molecule has 1 unspecified atom stereocenters. The summed E-state index contributed by atoms with van der Waals surface area (Å²) in [6.07, 6.45) is 1.81. The van der Waals surface area contributed by atoms with Crippen LogP contribution in [0.4, 0.5) is 0 Å². The summed E-state index contributed by atoms with van der Waals surface area (Å²) >= 11 is 0. The fraction of sp³-hybridized carbons (Fsp3) is 0.273. The Balaban J connectivity index is 1.86. The molecule has 0 N–H and O–H groups in total. The number of benzene rings is 2. The smallest absolute Gasteiger partial charge is 0.236 e. The van der Waals surface area contributed by atoms with Gasteiger partial charge in [0.2, 0.25) is 5.90 Å². The predicted molar refractivity (Wildman–Crippen MR) is 103 cm³/mol. The molecule has 0 fully saturated rings. The predicted octanol–water partition coefficient (Wildman–Crippen LogP) is 5.09. The number of nitrogens with zero attached hydrogens (tertiary/aromatic N) is 2. The van der Waals surface area contributed by atoms with Crippen molar-refractivity contribution in [2.45, 2.75) is 26.8 Å². The minimum atomic E-state index is 0.0795. The first-order chi connectivity index (χ1) is 12.0. The van der Waals surface area contributed by atoms with Crippen LogP contribution in [0.25, 0.3) is 21.9 Å². The van der Waals surface area contributed by atoms with Crippen LogP contribution in [-0.2, 0) is 4.74 Å². The molecule has 126 valence electrons. The standard InChI is InChI=1S/C22H22N2O/c1-22(2,3)19-14-25-21(24-19)20-18(12-7-13-23-20)17-11-6-9-15-8-4-5-10-16(15)17/h4-13,19H,14H2,1-3H3. The third-order valence-electron chi connectivity index (χ3n) is 4.74. The third-order valence-corrected chi connectivity index (χ3v) is 4.74. The second-order valence-corrected chi connectivity index (χ2v) is 7.55. The Morgan fingerprint density at radius 2 is 1.68 bits per heavy atom. The topological polar surface area (TPSA) is 34.5 Å². The van der Waals surface area contributed by atoms with Gasteiger partial charge < -0.3 is 4.74 Å². The van der Waals surface area contributed by atoms with Crippen molar-refractivity contribution in [2.75, 3.05) is 6.61 Å². The summed E-state index contributed by atoms with van der Waals surface area (Å²) < 4.78 is 5.94. The summed E-state index contributed by atoms with van der Waals surface area (Å²) in [5.41, 5.74) is 3.13. The van der Waals surface area contributed by atoms with Crippen LogP contribution in [0.1, 0.15) is 26.5 Å². The average molecular weight is 330 g/mol. The van der Waals surface area contributed by atoms with Crippen molar-refractivity contribution in [3.8, 4) is 11.1 Å². The molecule has 1 aromatic heterocycles. The first-order valence-corrected chi connectivity index (χ1v) is 8.68. The van der Waals surface area contributed by atoms with Gasteiger partial charge in [-0.05, 0) is 27.8 Å². The van der Waals surface area contributed by atoms with Crippen LogP contribution in [-0.4, -0.2) is 23.5 Å². The van der Waals surface area contributed by atoms with Crippen LogP contribution >= 0.6 is 0 Å². The van der Waals surface area contributed by atoms with Gasteiger partial charge in [0.15, 0.2) is 0 Å². The van der Waals surface area contributed by atoms with E-state index in [9.17, 15) is 0 Å². The lowest BCUT2D eigenvalue weighted by atomic mass is 9.88. The van der Waals surface area contributed by atoms with Crippen molar-refractivity contribution >= 4 is 16.7 Å². The van der Waals surface area contributed by atoms with Crippen LogP contribution in [0.15, 0.2) is 65.8 Å². The second kappa shape index (κ2) is 5.99. The monoisotopic (exact) mass is 330 g/mol. The number of ether oxygens (including phenoxy) is 1. The van der Waals surface area contributed by atoms with E-state index in [4.69, 9.17) is 9.73 Å². The van der Waals surface area contributed by atoms with E-state index in [0.29, 0.717) is 12.5 Å². The van der Waals surface area contributed by atoms with E-state index in [1.807, 2.05) is 6.07 Å². The molecule has 4 rings (SSSR count). The molecule has 0 radical (unpaired) electrons. The number of hydrogen-bond acceptors (Lipinski definition) is 3. The maximum Gasteiger partial charge on any atom is 0.236 e. The highest BCUT2D eigenvalue weighted by atomic mass is 16.5. The zero-order valence-corrected chi connectivity index (χ0v) is 14.9. The fourth-order valence-electron chi connectivity index (χ4n) is 3.20. The van der Waals surface area contributed by atoms with E-state index in [-0.39, 0.29) is 11.5 Å². The molecule has 0 saturated carbocycles. The largest absolute Gasteiger partial charge is 0.474 e. The molecule has 3 heteroatoms. The lowest BCUT2D eigenvalue weighted by Crippen LogP contribution is -2.25. The van der Waals surface area contributed by atoms with Gasteiger partial charge in [-0.2, -0.15) is 0 Å². The summed E-state index contributed by atoms with van der Waals surface area (Å²) in [6.45, 7) is 7.19. The van der Waals surface area contributed by atoms with Gasteiger partial charge in [-0.1, -0.05) is 69.3 Å². The molecule has 0 aliphatic carbocycles. The number of aliphatic imine (C=N–C) groups is 1. The van der Waals surface area contributed by atoms with Crippen LogP contribution in [0.3, 0.4) is 0 Å². The van der Waals surface area contributed by atoms with E-state index in [1.165, 1.54) is 10.8 Å². The van der Waals surface area contributed by atoms with Gasteiger partial charge in [0.25, 0.3) is 0 Å². The Morgan fingerprint density at radius 1 is 0.920 bits per heavy atom. The Hall–Kier alpha value is -2.68. The van der Waals surface area contributed by atoms with E-state index in [0.717, 1.165) is 16.8 Å². The number of aromatic nitrogens is 1. The molecule has 1 aliphatic heterocycles. The Morgan fingerprint density at radius 3 is 2.48 bits per heavy atom. The molecule has 2 aromatic carbocycles. The van der Waals surface area contributed by atoms with E-state index >= 15 is 0 Å². The van der Waals surface area contributed by atoms with Gasteiger partial charge >= 0.3 is 0 Å². The van der Waals surface area contributed by atoms with Crippen LogP contribution < -0.4 is 0 Å². The van der Waals surface area contributed by atoms with Crippen molar-refractivity contribution in [1.82, 2.24) is 4.98 Å². The maximum absolute atomic E-state index is 5.94. The minimum Gasteiger partial charge on any atom is -0.474 e. The first kappa shape index (κ1) is 15.8. The molecule has 0 spiro atoms. The summed E-state index contributed by atoms with van der Waals surface area (Å²) in [7, 11) is 0. The summed E-state index contributed by atoms with van der Waals surface area (Å²) in [4.78, 5) is 9.43. The van der Waals surface area contributed by atoms with Crippen molar-refractivity contribution in [2.24, 2.45) is 10.4 Å². The van der Waals surface area contributed by atoms with Crippen LogP contribution in [0.2, 0.25) is 0 Å². The number of pyridine rings is 1. The highest BCUT2D eigenvalue weighted by molar-refractivity contribution is 6.05.